The summed E-state index contributed by atoms with van der Waals surface area (Å²) in [6.45, 7) is 1.55. The maximum Gasteiger partial charge on any atom is 0.293 e. The molecule has 1 aromatic heterocycles. The average molecular weight is 198 g/mol. The van der Waals surface area contributed by atoms with E-state index in [-0.39, 0.29) is 11.7 Å². The summed E-state index contributed by atoms with van der Waals surface area (Å²) in [4.78, 5) is 22.3. The van der Waals surface area contributed by atoms with Crippen molar-refractivity contribution in [3.63, 3.8) is 0 Å². The van der Waals surface area contributed by atoms with Gasteiger partial charge in [-0.3, -0.25) is 9.59 Å². The Hall–Kier alpha value is -1.99. The van der Waals surface area contributed by atoms with Crippen LogP contribution in [0.15, 0.2) is 0 Å². The molecule has 0 aromatic carbocycles. The SMILES string of the molecule is CNC(=O)C(C)NC(=O)c1nn[nH]n1. The van der Waals surface area contributed by atoms with Crippen LogP contribution in [0.25, 0.3) is 0 Å². The van der Waals surface area contributed by atoms with Crippen LogP contribution in [0.3, 0.4) is 0 Å². The van der Waals surface area contributed by atoms with Crippen LogP contribution in [-0.4, -0.2) is 45.5 Å². The Bertz CT molecular complexity index is 321. The summed E-state index contributed by atoms with van der Waals surface area (Å²) < 4.78 is 0. The first kappa shape index (κ1) is 10.1. The van der Waals surface area contributed by atoms with Gasteiger partial charge in [-0.15, -0.1) is 10.2 Å². The molecule has 1 unspecified atom stereocenters. The van der Waals surface area contributed by atoms with Gasteiger partial charge in [0.25, 0.3) is 11.7 Å². The summed E-state index contributed by atoms with van der Waals surface area (Å²) >= 11 is 0. The van der Waals surface area contributed by atoms with Crippen molar-refractivity contribution in [1.29, 1.82) is 0 Å². The molecule has 1 atom stereocenters. The highest BCUT2D eigenvalue weighted by atomic mass is 16.2. The molecule has 0 spiro atoms. The molecule has 14 heavy (non-hydrogen) atoms. The Morgan fingerprint density at radius 1 is 1.50 bits per heavy atom. The van der Waals surface area contributed by atoms with E-state index in [0.29, 0.717) is 0 Å². The fourth-order valence-electron chi connectivity index (χ4n) is 0.801. The Kier molecular flexibility index (Phi) is 3.10. The maximum atomic E-state index is 11.3. The summed E-state index contributed by atoms with van der Waals surface area (Å²) in [5.41, 5.74) is 0. The highest BCUT2D eigenvalue weighted by Crippen LogP contribution is 1.87. The smallest absolute Gasteiger partial charge is 0.293 e. The van der Waals surface area contributed by atoms with Gasteiger partial charge in [-0.2, -0.15) is 5.21 Å². The highest BCUT2D eigenvalue weighted by Gasteiger charge is 2.17. The number of tetrazole rings is 1. The number of rotatable bonds is 3. The Balaban J connectivity index is 2.53. The lowest BCUT2D eigenvalue weighted by Crippen LogP contribution is -2.43. The van der Waals surface area contributed by atoms with Crippen LogP contribution in [0.1, 0.15) is 17.5 Å². The van der Waals surface area contributed by atoms with Gasteiger partial charge in [-0.25, -0.2) is 0 Å². The van der Waals surface area contributed by atoms with E-state index in [1.165, 1.54) is 7.05 Å². The van der Waals surface area contributed by atoms with E-state index in [9.17, 15) is 9.59 Å². The molecule has 0 radical (unpaired) electrons. The van der Waals surface area contributed by atoms with Crippen molar-refractivity contribution >= 4 is 11.8 Å². The molecular weight excluding hydrogens is 188 g/mol. The molecule has 0 aliphatic heterocycles. The molecule has 0 aliphatic carbocycles. The van der Waals surface area contributed by atoms with Gasteiger partial charge in [0, 0.05) is 7.05 Å². The topological polar surface area (TPSA) is 113 Å². The second-order valence-electron chi connectivity index (χ2n) is 2.54. The van der Waals surface area contributed by atoms with Crippen LogP contribution in [-0.2, 0) is 4.79 Å². The van der Waals surface area contributed by atoms with Crippen molar-refractivity contribution in [2.75, 3.05) is 7.05 Å². The number of hydrogen-bond donors (Lipinski definition) is 3. The van der Waals surface area contributed by atoms with Crippen molar-refractivity contribution in [1.82, 2.24) is 31.3 Å². The monoisotopic (exact) mass is 198 g/mol. The number of amides is 2. The molecule has 8 heteroatoms. The van der Waals surface area contributed by atoms with E-state index >= 15 is 0 Å². The first-order valence-corrected chi connectivity index (χ1v) is 3.91. The molecule has 76 valence electrons. The lowest BCUT2D eigenvalue weighted by atomic mass is 10.3. The van der Waals surface area contributed by atoms with Crippen molar-refractivity contribution in [3.05, 3.63) is 5.82 Å². The van der Waals surface area contributed by atoms with Crippen LogP contribution < -0.4 is 10.6 Å². The molecule has 1 heterocycles. The van der Waals surface area contributed by atoms with E-state index in [1.807, 2.05) is 0 Å². The number of carbonyl (C=O) groups excluding carboxylic acids is 2. The van der Waals surface area contributed by atoms with E-state index in [2.05, 4.69) is 31.3 Å². The van der Waals surface area contributed by atoms with Crippen molar-refractivity contribution in [3.8, 4) is 0 Å². The minimum atomic E-state index is -0.633. The third-order valence-electron chi connectivity index (χ3n) is 1.54. The minimum absolute atomic E-state index is 0.0965. The number of carbonyl (C=O) groups is 2. The van der Waals surface area contributed by atoms with Crippen molar-refractivity contribution in [2.45, 2.75) is 13.0 Å². The van der Waals surface area contributed by atoms with Crippen LogP contribution in [0.4, 0.5) is 0 Å². The van der Waals surface area contributed by atoms with Crippen LogP contribution in [0, 0.1) is 0 Å². The molecule has 0 saturated heterocycles. The molecule has 0 fully saturated rings. The Morgan fingerprint density at radius 3 is 2.71 bits per heavy atom. The second-order valence-corrected chi connectivity index (χ2v) is 2.54. The molecule has 8 nitrogen and oxygen atoms in total. The van der Waals surface area contributed by atoms with Gasteiger partial charge < -0.3 is 10.6 Å². The fraction of sp³-hybridized carbons (Fsp3) is 0.500. The van der Waals surface area contributed by atoms with Crippen LogP contribution in [0.2, 0.25) is 0 Å². The minimum Gasteiger partial charge on any atom is -0.357 e. The molecule has 1 aromatic rings. The fourth-order valence-corrected chi connectivity index (χ4v) is 0.801. The molecule has 0 saturated carbocycles. The highest BCUT2D eigenvalue weighted by molar-refractivity contribution is 5.94. The number of nitrogens with one attached hydrogen (secondary N) is 3. The first-order valence-electron chi connectivity index (χ1n) is 3.91. The first-order chi connectivity index (χ1) is 6.65. The van der Waals surface area contributed by atoms with Crippen molar-refractivity contribution in [2.24, 2.45) is 0 Å². The number of aromatic nitrogens is 4. The third kappa shape index (κ3) is 2.25. The van der Waals surface area contributed by atoms with Gasteiger partial charge in [0.15, 0.2) is 0 Å². The van der Waals surface area contributed by atoms with Crippen LogP contribution in [0.5, 0.6) is 0 Å². The number of aromatic amines is 1. The van der Waals surface area contributed by atoms with Gasteiger partial charge in [0.1, 0.15) is 6.04 Å². The number of H-pyrrole nitrogens is 1. The Labute approximate surface area is 79.5 Å². The summed E-state index contributed by atoms with van der Waals surface area (Å²) in [5, 5.41) is 17.1. The van der Waals surface area contributed by atoms with Gasteiger partial charge >= 0.3 is 0 Å². The number of hydrogen-bond acceptors (Lipinski definition) is 5. The lowest BCUT2D eigenvalue weighted by Gasteiger charge is -2.09. The zero-order valence-corrected chi connectivity index (χ0v) is 7.74. The molecule has 0 aliphatic rings. The van der Waals surface area contributed by atoms with Crippen molar-refractivity contribution < 1.29 is 9.59 Å². The molecule has 1 rings (SSSR count). The summed E-state index contributed by atoms with van der Waals surface area (Å²) in [6, 6.07) is -0.633. The molecule has 3 N–H and O–H groups in total. The zero-order chi connectivity index (χ0) is 10.6. The molecular formula is C6H10N6O2. The average Bonchev–Trinajstić information content (AvgIpc) is 2.69. The van der Waals surface area contributed by atoms with E-state index in [0.717, 1.165) is 0 Å². The quantitative estimate of drug-likeness (QED) is 0.523. The van der Waals surface area contributed by atoms with E-state index in [4.69, 9.17) is 0 Å². The maximum absolute atomic E-state index is 11.3. The number of likely N-dealkylation sites (N-methyl/N-ethyl adjacent to an activating group) is 1. The van der Waals surface area contributed by atoms with Gasteiger partial charge in [-0.1, -0.05) is 0 Å². The van der Waals surface area contributed by atoms with Gasteiger partial charge in [-0.05, 0) is 12.1 Å². The van der Waals surface area contributed by atoms with E-state index in [1.54, 1.807) is 6.92 Å². The normalized spacial score (nSPS) is 11.9. The van der Waals surface area contributed by atoms with Gasteiger partial charge in [0.05, 0.1) is 0 Å². The van der Waals surface area contributed by atoms with E-state index < -0.39 is 11.9 Å². The standard InChI is InChI=1S/C6H10N6O2/c1-3(5(13)7-2)8-6(14)4-9-11-12-10-4/h3H,1-2H3,(H,7,13)(H,8,14)(H,9,10,11,12). The molecule has 2 amide bonds. The molecule has 0 bridgehead atoms. The number of nitrogens with zero attached hydrogens (tertiary/aromatic N) is 3. The van der Waals surface area contributed by atoms with Crippen LogP contribution >= 0.6 is 0 Å². The predicted molar refractivity (Wildman–Crippen MR) is 45.2 cm³/mol. The summed E-state index contributed by atoms with van der Waals surface area (Å²) in [7, 11) is 1.49. The van der Waals surface area contributed by atoms with Gasteiger partial charge in [0.2, 0.25) is 5.91 Å². The largest absolute Gasteiger partial charge is 0.357 e. The second kappa shape index (κ2) is 4.30. The predicted octanol–water partition coefficient (Wildman–Crippen LogP) is -1.94. The lowest BCUT2D eigenvalue weighted by molar-refractivity contribution is -0.122. The summed E-state index contributed by atoms with van der Waals surface area (Å²) in [5.74, 6) is -0.933. The Morgan fingerprint density at radius 2 is 2.21 bits per heavy atom. The summed E-state index contributed by atoms with van der Waals surface area (Å²) in [6.07, 6.45) is 0. The third-order valence-corrected chi connectivity index (χ3v) is 1.54. The zero-order valence-electron chi connectivity index (χ0n) is 7.74.